The van der Waals surface area contributed by atoms with E-state index in [0.29, 0.717) is 13.1 Å². The number of thiophene rings is 1. The first kappa shape index (κ1) is 13.9. The number of nitrogens with zero attached hydrogens (tertiary/aromatic N) is 1. The normalized spacial score (nSPS) is 18.4. The average Bonchev–Trinajstić information content (AvgIpc) is 2.66. The molecule has 1 aliphatic heterocycles. The second kappa shape index (κ2) is 5.60. The minimum Gasteiger partial charge on any atom is -0.478 e. The topological polar surface area (TPSA) is 74.7 Å². The monoisotopic (exact) mass is 307 g/mol. The number of hydrogen-bond donors (Lipinski definition) is 1. The van der Waals surface area contributed by atoms with Gasteiger partial charge in [0.2, 0.25) is 0 Å². The molecule has 1 aliphatic rings. The van der Waals surface area contributed by atoms with Crippen LogP contribution in [0.5, 0.6) is 0 Å². The molecular weight excluding hydrogens is 294 g/mol. The first-order valence-electron chi connectivity index (χ1n) is 5.41. The van der Waals surface area contributed by atoms with Crippen molar-refractivity contribution in [3.8, 4) is 0 Å². The molecule has 0 bridgehead atoms. The molecule has 0 aliphatic carbocycles. The smallest absolute Gasteiger partial charge is 0.336 e. The third-order valence-corrected chi connectivity index (χ3v) is 6.96. The average molecular weight is 307 g/mol. The van der Waals surface area contributed by atoms with E-state index in [1.807, 2.05) is 0 Å². The maximum atomic E-state index is 12.3. The van der Waals surface area contributed by atoms with Crippen LogP contribution < -0.4 is 0 Å². The first-order chi connectivity index (χ1) is 8.51. The fraction of sp³-hybridized carbons (Fsp3) is 0.500. The number of carbonyl (C=O) groups is 1. The second-order valence-electron chi connectivity index (χ2n) is 3.83. The van der Waals surface area contributed by atoms with Gasteiger partial charge in [0, 0.05) is 24.2 Å². The van der Waals surface area contributed by atoms with Crippen molar-refractivity contribution in [2.75, 3.05) is 24.6 Å². The van der Waals surface area contributed by atoms with Crippen molar-refractivity contribution < 1.29 is 18.3 Å². The van der Waals surface area contributed by atoms with E-state index in [4.69, 9.17) is 5.11 Å². The summed E-state index contributed by atoms with van der Waals surface area (Å²) in [5.74, 6) is 0.659. The van der Waals surface area contributed by atoms with Gasteiger partial charge in [-0.05, 0) is 18.2 Å². The highest BCUT2D eigenvalue weighted by atomic mass is 32.2. The number of thioether (sulfide) groups is 1. The Bertz CT molecular complexity index is 529. The van der Waals surface area contributed by atoms with E-state index in [0.717, 1.165) is 29.3 Å². The summed E-state index contributed by atoms with van der Waals surface area (Å²) in [6.07, 6.45) is 0.834. The lowest BCUT2D eigenvalue weighted by Crippen LogP contribution is -2.32. The zero-order valence-electron chi connectivity index (χ0n) is 9.53. The van der Waals surface area contributed by atoms with Gasteiger partial charge in [-0.25, -0.2) is 13.2 Å². The summed E-state index contributed by atoms with van der Waals surface area (Å²) in [7, 11) is -3.52. The minimum atomic E-state index is -3.52. The second-order valence-corrected chi connectivity index (χ2v) is 8.13. The Morgan fingerprint density at radius 2 is 2.11 bits per heavy atom. The summed E-state index contributed by atoms with van der Waals surface area (Å²) in [6.45, 7) is 1.00. The quantitative estimate of drug-likeness (QED) is 0.917. The van der Waals surface area contributed by atoms with Gasteiger partial charge >= 0.3 is 5.97 Å². The summed E-state index contributed by atoms with van der Waals surface area (Å²) in [5, 5.41) is 10.2. The summed E-state index contributed by atoms with van der Waals surface area (Å²) in [6, 6.07) is 1.24. The zero-order chi connectivity index (χ0) is 13.2. The SMILES string of the molecule is O=C(O)c1csc(S(=O)(=O)N2CCCSCC2)c1. The molecular formula is C10H13NO4S3. The molecule has 1 N–H and O–H groups in total. The summed E-state index contributed by atoms with van der Waals surface area (Å²) in [4.78, 5) is 10.8. The van der Waals surface area contributed by atoms with Crippen molar-refractivity contribution in [1.29, 1.82) is 0 Å². The van der Waals surface area contributed by atoms with Gasteiger partial charge in [0.15, 0.2) is 0 Å². The van der Waals surface area contributed by atoms with Crippen molar-refractivity contribution in [1.82, 2.24) is 4.31 Å². The standard InChI is InChI=1S/C10H13NO4S3/c12-10(13)8-6-9(17-7-8)18(14,15)11-2-1-4-16-5-3-11/h6-7H,1-5H2,(H,12,13). The van der Waals surface area contributed by atoms with Crippen molar-refractivity contribution in [2.24, 2.45) is 0 Å². The Morgan fingerprint density at radius 3 is 2.78 bits per heavy atom. The molecule has 1 saturated heterocycles. The fourth-order valence-electron chi connectivity index (χ4n) is 1.65. The molecule has 1 aromatic rings. The first-order valence-corrected chi connectivity index (χ1v) is 8.89. The van der Waals surface area contributed by atoms with Gasteiger partial charge in [0.1, 0.15) is 4.21 Å². The van der Waals surface area contributed by atoms with E-state index in [1.54, 1.807) is 11.8 Å². The fourth-order valence-corrected chi connectivity index (χ4v) is 5.44. The van der Waals surface area contributed by atoms with Crippen LogP contribution in [0, 0.1) is 0 Å². The van der Waals surface area contributed by atoms with Crippen LogP contribution >= 0.6 is 23.1 Å². The molecule has 0 unspecified atom stereocenters. The van der Waals surface area contributed by atoms with Crippen LogP contribution in [0.25, 0.3) is 0 Å². The lowest BCUT2D eigenvalue weighted by molar-refractivity contribution is 0.0697. The van der Waals surface area contributed by atoms with E-state index < -0.39 is 16.0 Å². The van der Waals surface area contributed by atoms with E-state index >= 15 is 0 Å². The minimum absolute atomic E-state index is 0.0303. The van der Waals surface area contributed by atoms with Crippen molar-refractivity contribution in [2.45, 2.75) is 10.6 Å². The molecule has 0 atom stereocenters. The summed E-state index contributed by atoms with van der Waals surface area (Å²) in [5.41, 5.74) is 0.0303. The highest BCUT2D eigenvalue weighted by molar-refractivity contribution is 7.99. The van der Waals surface area contributed by atoms with E-state index in [2.05, 4.69) is 0 Å². The van der Waals surface area contributed by atoms with E-state index in [1.165, 1.54) is 15.8 Å². The Balaban J connectivity index is 2.25. The molecule has 8 heteroatoms. The molecule has 0 saturated carbocycles. The van der Waals surface area contributed by atoms with Crippen molar-refractivity contribution in [3.05, 3.63) is 17.0 Å². The number of rotatable bonds is 3. The maximum absolute atomic E-state index is 12.3. The molecule has 0 radical (unpaired) electrons. The van der Waals surface area contributed by atoms with Gasteiger partial charge < -0.3 is 5.11 Å². The zero-order valence-corrected chi connectivity index (χ0v) is 12.0. The Morgan fingerprint density at radius 1 is 1.33 bits per heavy atom. The van der Waals surface area contributed by atoms with Gasteiger partial charge in [-0.1, -0.05) is 0 Å². The predicted molar refractivity (Wildman–Crippen MR) is 72.0 cm³/mol. The molecule has 1 fully saturated rings. The van der Waals surface area contributed by atoms with E-state index in [-0.39, 0.29) is 9.77 Å². The molecule has 100 valence electrons. The Labute approximate surface area is 114 Å². The van der Waals surface area contributed by atoms with Gasteiger partial charge in [-0.15, -0.1) is 11.3 Å². The molecule has 5 nitrogen and oxygen atoms in total. The van der Waals surface area contributed by atoms with Gasteiger partial charge in [-0.2, -0.15) is 16.1 Å². The van der Waals surface area contributed by atoms with Gasteiger partial charge in [0.25, 0.3) is 10.0 Å². The van der Waals surface area contributed by atoms with Crippen LogP contribution in [0.4, 0.5) is 0 Å². The third kappa shape index (κ3) is 2.87. The van der Waals surface area contributed by atoms with Crippen molar-refractivity contribution in [3.63, 3.8) is 0 Å². The highest BCUT2D eigenvalue weighted by Gasteiger charge is 2.27. The molecule has 2 heterocycles. The molecule has 18 heavy (non-hydrogen) atoms. The molecule has 1 aromatic heterocycles. The van der Waals surface area contributed by atoms with Crippen LogP contribution in [0.2, 0.25) is 0 Å². The van der Waals surface area contributed by atoms with Crippen LogP contribution in [0.15, 0.2) is 15.7 Å². The van der Waals surface area contributed by atoms with Gasteiger partial charge in [0.05, 0.1) is 5.56 Å². The van der Waals surface area contributed by atoms with Crippen LogP contribution in [0.1, 0.15) is 16.8 Å². The number of carboxylic acids is 1. The lowest BCUT2D eigenvalue weighted by atomic mass is 10.4. The molecule has 0 amide bonds. The van der Waals surface area contributed by atoms with Crippen molar-refractivity contribution >= 4 is 39.1 Å². The van der Waals surface area contributed by atoms with Crippen LogP contribution in [-0.4, -0.2) is 48.4 Å². The molecule has 0 spiro atoms. The number of aromatic carboxylic acids is 1. The largest absolute Gasteiger partial charge is 0.478 e. The Kier molecular flexibility index (Phi) is 4.31. The highest BCUT2D eigenvalue weighted by Crippen LogP contribution is 2.25. The maximum Gasteiger partial charge on any atom is 0.336 e. The van der Waals surface area contributed by atoms with E-state index in [9.17, 15) is 13.2 Å². The number of carboxylic acid groups (broad SMARTS) is 1. The van der Waals surface area contributed by atoms with Crippen LogP contribution in [-0.2, 0) is 10.0 Å². The number of sulfonamides is 1. The third-order valence-electron chi connectivity index (χ3n) is 2.60. The molecule has 2 rings (SSSR count). The summed E-state index contributed by atoms with van der Waals surface area (Å²) < 4.78 is 26.2. The number of hydrogen-bond acceptors (Lipinski definition) is 5. The van der Waals surface area contributed by atoms with Crippen LogP contribution in [0.3, 0.4) is 0 Å². The predicted octanol–water partition coefficient (Wildman–Crippen LogP) is 1.57. The summed E-state index contributed by atoms with van der Waals surface area (Å²) >= 11 is 2.71. The molecule has 0 aromatic carbocycles. The Hall–Kier alpha value is -0.570. The lowest BCUT2D eigenvalue weighted by Gasteiger charge is -2.18. The van der Waals surface area contributed by atoms with Gasteiger partial charge in [-0.3, -0.25) is 0 Å².